The summed E-state index contributed by atoms with van der Waals surface area (Å²) in [4.78, 5) is 8.36. The molecule has 0 radical (unpaired) electrons. The Morgan fingerprint density at radius 1 is 0.556 bits per heavy atom. The minimum Gasteiger partial charge on any atom is -0.483 e. The topological polar surface area (TPSA) is 98.0 Å². The summed E-state index contributed by atoms with van der Waals surface area (Å²) < 4.78 is 0. The first-order valence-corrected chi connectivity index (χ1v) is 11.8. The molecule has 0 fully saturated rings. The van der Waals surface area contributed by atoms with Crippen molar-refractivity contribution in [2.24, 2.45) is 0 Å². The third kappa shape index (κ3) is 10.2. The molecule has 0 saturated heterocycles. The van der Waals surface area contributed by atoms with Crippen molar-refractivity contribution < 1.29 is 25.2 Å². The van der Waals surface area contributed by atoms with Gasteiger partial charge in [0.25, 0.3) is 6.47 Å². The number of aliphatic hydroxyl groups excluding tert-OH is 3. The maximum Gasteiger partial charge on any atom is 0.290 e. The number of rotatable bonds is 8. The van der Waals surface area contributed by atoms with E-state index >= 15 is 0 Å². The second kappa shape index (κ2) is 16.8. The van der Waals surface area contributed by atoms with Gasteiger partial charge in [0.15, 0.2) is 0 Å². The van der Waals surface area contributed by atoms with Gasteiger partial charge in [0.05, 0.1) is 13.2 Å². The summed E-state index contributed by atoms with van der Waals surface area (Å²) in [5, 5.41) is 30.9. The predicted molar refractivity (Wildman–Crippen MR) is 143 cm³/mol. The van der Waals surface area contributed by atoms with Crippen molar-refractivity contribution in [3.8, 4) is 0 Å². The third-order valence-corrected chi connectivity index (χ3v) is 5.49. The van der Waals surface area contributed by atoms with E-state index in [4.69, 9.17) is 25.2 Å². The zero-order chi connectivity index (χ0) is 26.0. The molecule has 0 spiro atoms. The molecule has 0 bridgehead atoms. The van der Waals surface area contributed by atoms with E-state index in [9.17, 15) is 0 Å². The number of carboxylic acid groups (broad SMARTS) is 1. The Hall–Kier alpha value is -3.77. The van der Waals surface area contributed by atoms with Crippen molar-refractivity contribution in [2.75, 3.05) is 13.2 Å². The van der Waals surface area contributed by atoms with Crippen molar-refractivity contribution in [1.29, 1.82) is 0 Å². The number of hydrogen-bond donors (Lipinski definition) is 4. The molecule has 4 rings (SSSR count). The van der Waals surface area contributed by atoms with Gasteiger partial charge < -0.3 is 20.4 Å². The van der Waals surface area contributed by atoms with E-state index < -0.39 is 6.10 Å². The minimum atomic E-state index is -0.954. The van der Waals surface area contributed by atoms with Crippen molar-refractivity contribution in [1.82, 2.24) is 0 Å². The fourth-order valence-electron chi connectivity index (χ4n) is 3.74. The van der Waals surface area contributed by atoms with Crippen LogP contribution in [0.2, 0.25) is 0 Å². The van der Waals surface area contributed by atoms with Crippen LogP contribution in [0.25, 0.3) is 0 Å². The lowest BCUT2D eigenvalue weighted by atomic mass is 9.89. The number of carbonyl (C=O) groups is 1. The van der Waals surface area contributed by atoms with Gasteiger partial charge in [-0.2, -0.15) is 0 Å². The fraction of sp³-hybridized carbons (Fsp3) is 0.194. The van der Waals surface area contributed by atoms with Gasteiger partial charge in [-0.05, 0) is 52.6 Å². The molecule has 5 nitrogen and oxygen atoms in total. The van der Waals surface area contributed by atoms with Crippen LogP contribution in [0.15, 0.2) is 109 Å². The molecule has 0 unspecified atom stereocenters. The van der Waals surface area contributed by atoms with Crippen molar-refractivity contribution >= 4 is 6.47 Å². The van der Waals surface area contributed by atoms with Gasteiger partial charge in [-0.3, -0.25) is 4.79 Å². The molecule has 4 aromatic rings. The monoisotopic (exact) mass is 486 g/mol. The smallest absolute Gasteiger partial charge is 0.290 e. The lowest BCUT2D eigenvalue weighted by Gasteiger charge is -2.16. The van der Waals surface area contributed by atoms with Gasteiger partial charge in [0, 0.05) is 0 Å². The van der Waals surface area contributed by atoms with Crippen LogP contribution >= 0.6 is 0 Å². The van der Waals surface area contributed by atoms with Gasteiger partial charge in [-0.15, -0.1) is 0 Å². The molecule has 5 heteroatoms. The van der Waals surface area contributed by atoms with E-state index in [1.807, 2.05) is 0 Å². The summed E-state index contributed by atoms with van der Waals surface area (Å²) >= 11 is 0. The summed E-state index contributed by atoms with van der Waals surface area (Å²) in [5.74, 6) is 0. The largest absolute Gasteiger partial charge is 0.483 e. The van der Waals surface area contributed by atoms with Crippen LogP contribution in [0.1, 0.15) is 33.4 Å². The predicted octanol–water partition coefficient (Wildman–Crippen LogP) is 4.49. The van der Waals surface area contributed by atoms with Gasteiger partial charge in [-0.1, -0.05) is 109 Å². The number of hydrogen-bond acceptors (Lipinski definition) is 4. The van der Waals surface area contributed by atoms with Gasteiger partial charge in [-0.25, -0.2) is 0 Å². The molecular formula is C31H34O5. The third-order valence-electron chi connectivity index (χ3n) is 5.49. The van der Waals surface area contributed by atoms with Crippen LogP contribution < -0.4 is 0 Å². The van der Waals surface area contributed by atoms with Crippen molar-refractivity contribution in [3.05, 3.63) is 143 Å². The summed E-state index contributed by atoms with van der Waals surface area (Å²) in [6.45, 7) is -0.979. The van der Waals surface area contributed by atoms with E-state index in [1.165, 1.54) is 33.4 Å². The first kappa shape index (κ1) is 28.5. The van der Waals surface area contributed by atoms with Crippen LogP contribution in [-0.2, 0) is 24.1 Å². The van der Waals surface area contributed by atoms with Crippen molar-refractivity contribution in [3.63, 3.8) is 0 Å². The van der Waals surface area contributed by atoms with Crippen LogP contribution in [0, 0.1) is 0 Å². The Balaban J connectivity index is 0.000000439. The first-order valence-electron chi connectivity index (χ1n) is 11.8. The molecule has 0 aliphatic carbocycles. The SMILES string of the molecule is O=CO.OCC(O)CO.c1ccc(Cc2cccc(Cc3ccccc3)c2Cc2ccccc2)cc1. The molecule has 0 amide bonds. The zero-order valence-corrected chi connectivity index (χ0v) is 20.3. The second-order valence-corrected chi connectivity index (χ2v) is 8.17. The number of benzene rings is 4. The fourth-order valence-corrected chi connectivity index (χ4v) is 3.74. The van der Waals surface area contributed by atoms with Crippen LogP contribution in [-0.4, -0.2) is 46.2 Å². The molecular weight excluding hydrogens is 452 g/mol. The summed E-state index contributed by atoms with van der Waals surface area (Å²) in [6.07, 6.45) is 1.98. The molecule has 36 heavy (non-hydrogen) atoms. The van der Waals surface area contributed by atoms with E-state index in [0.29, 0.717) is 0 Å². The highest BCUT2D eigenvalue weighted by Crippen LogP contribution is 2.24. The molecule has 0 aliphatic rings. The molecule has 0 saturated carbocycles. The molecule has 0 aliphatic heterocycles. The quantitative estimate of drug-likeness (QED) is 0.275. The number of aliphatic hydroxyl groups is 3. The zero-order valence-electron chi connectivity index (χ0n) is 20.3. The van der Waals surface area contributed by atoms with Crippen LogP contribution in [0.5, 0.6) is 0 Å². The summed E-state index contributed by atoms with van der Waals surface area (Å²) in [7, 11) is 0. The molecule has 4 N–H and O–H groups in total. The average molecular weight is 487 g/mol. The van der Waals surface area contributed by atoms with Crippen molar-refractivity contribution in [2.45, 2.75) is 25.4 Å². The minimum absolute atomic E-state index is 0.250. The molecule has 188 valence electrons. The maximum absolute atomic E-state index is 8.36. The standard InChI is InChI=1S/C27H24.C3H8O3.CH2O2/c1-4-11-22(12-5-1)19-25-17-10-18-26(20-23-13-6-2-7-14-23)27(25)21-24-15-8-3-9-16-24;4-1-3(6)2-5;2-1-3/h1-18H,19-21H2;3-6H,1-2H2;1H,(H,2,3). The molecule has 0 aromatic heterocycles. The highest BCUT2D eigenvalue weighted by atomic mass is 16.3. The molecule has 0 heterocycles. The van der Waals surface area contributed by atoms with Crippen LogP contribution in [0.3, 0.4) is 0 Å². The first-order chi connectivity index (χ1) is 17.6. The average Bonchev–Trinajstić information content (AvgIpc) is 2.92. The van der Waals surface area contributed by atoms with E-state index in [2.05, 4.69) is 109 Å². The molecule has 0 atom stereocenters. The highest BCUT2D eigenvalue weighted by Gasteiger charge is 2.11. The van der Waals surface area contributed by atoms with Crippen LogP contribution in [0.4, 0.5) is 0 Å². The van der Waals surface area contributed by atoms with E-state index in [1.54, 1.807) is 0 Å². The van der Waals surface area contributed by atoms with Gasteiger partial charge >= 0.3 is 0 Å². The normalized spacial score (nSPS) is 10.0. The maximum atomic E-state index is 8.36. The Kier molecular flexibility index (Phi) is 13.3. The van der Waals surface area contributed by atoms with Gasteiger partial charge in [0.2, 0.25) is 0 Å². The van der Waals surface area contributed by atoms with Gasteiger partial charge in [0.1, 0.15) is 6.10 Å². The lowest BCUT2D eigenvalue weighted by molar-refractivity contribution is -0.122. The Bertz CT molecular complexity index is 1050. The Morgan fingerprint density at radius 2 is 0.889 bits per heavy atom. The summed E-state index contributed by atoms with van der Waals surface area (Å²) in [5.41, 5.74) is 8.42. The van der Waals surface area contributed by atoms with E-state index in [-0.39, 0.29) is 19.7 Å². The Labute approximate surface area is 213 Å². The highest BCUT2D eigenvalue weighted by molar-refractivity contribution is 5.43. The lowest BCUT2D eigenvalue weighted by Crippen LogP contribution is -2.15. The second-order valence-electron chi connectivity index (χ2n) is 8.17. The van der Waals surface area contributed by atoms with E-state index in [0.717, 1.165) is 19.3 Å². The molecule has 4 aromatic carbocycles. The summed E-state index contributed by atoms with van der Waals surface area (Å²) in [6, 6.07) is 39.1. The Morgan fingerprint density at radius 3 is 1.19 bits per heavy atom.